The highest BCUT2D eigenvalue weighted by molar-refractivity contribution is 6.03. The van der Waals surface area contributed by atoms with Gasteiger partial charge in [0.05, 0.1) is 5.56 Å². The summed E-state index contributed by atoms with van der Waals surface area (Å²) in [5.74, 6) is -1.01. The summed E-state index contributed by atoms with van der Waals surface area (Å²) in [6, 6.07) is 10.6. The average molecular weight is 286 g/mol. The Morgan fingerprint density at radius 1 is 1.19 bits per heavy atom. The number of rotatable bonds is 4. The van der Waals surface area contributed by atoms with Gasteiger partial charge in [-0.05, 0) is 25.3 Å². The van der Waals surface area contributed by atoms with Gasteiger partial charge in [-0.25, -0.2) is 0 Å². The largest absolute Gasteiger partial charge is 0.506 e. The van der Waals surface area contributed by atoms with Gasteiger partial charge in [0.2, 0.25) is 5.91 Å². The van der Waals surface area contributed by atoms with Gasteiger partial charge < -0.3 is 16.2 Å². The van der Waals surface area contributed by atoms with Crippen molar-refractivity contribution in [2.75, 3.05) is 0 Å². The van der Waals surface area contributed by atoms with Crippen LogP contribution in [0.25, 0.3) is 10.8 Å². The zero-order valence-electron chi connectivity index (χ0n) is 12.0. The van der Waals surface area contributed by atoms with E-state index in [1.54, 1.807) is 38.1 Å². The van der Waals surface area contributed by atoms with Crippen LogP contribution in [0.3, 0.4) is 0 Å². The maximum Gasteiger partial charge on any atom is 0.255 e. The summed E-state index contributed by atoms with van der Waals surface area (Å²) in [4.78, 5) is 23.3. The van der Waals surface area contributed by atoms with Crippen LogP contribution in [-0.4, -0.2) is 22.5 Å². The van der Waals surface area contributed by atoms with Gasteiger partial charge in [0, 0.05) is 17.3 Å². The number of hydrogen-bond acceptors (Lipinski definition) is 3. The number of fused-ring (bicyclic) bond motifs is 1. The van der Waals surface area contributed by atoms with Gasteiger partial charge in [-0.1, -0.05) is 30.3 Å². The summed E-state index contributed by atoms with van der Waals surface area (Å²) in [5.41, 5.74) is 4.55. The zero-order chi connectivity index (χ0) is 15.6. The van der Waals surface area contributed by atoms with E-state index in [0.29, 0.717) is 5.39 Å². The van der Waals surface area contributed by atoms with Gasteiger partial charge in [-0.2, -0.15) is 0 Å². The van der Waals surface area contributed by atoms with Gasteiger partial charge in [0.1, 0.15) is 5.75 Å². The van der Waals surface area contributed by atoms with Gasteiger partial charge in [-0.15, -0.1) is 0 Å². The summed E-state index contributed by atoms with van der Waals surface area (Å²) in [6.07, 6.45) is 0.0209. The Morgan fingerprint density at radius 3 is 2.52 bits per heavy atom. The van der Waals surface area contributed by atoms with E-state index in [0.717, 1.165) is 5.39 Å². The minimum absolute atomic E-state index is 0.0209. The number of carbonyl (C=O) groups excluding carboxylic acids is 2. The SMILES string of the molecule is CC(C)(CC(N)=O)NC(=O)c1ccc2ccccc2c1O. The first-order chi connectivity index (χ1) is 9.80. The molecule has 4 N–H and O–H groups in total. The molecule has 2 rings (SSSR count). The molecule has 2 aromatic rings. The monoisotopic (exact) mass is 286 g/mol. The number of benzene rings is 2. The van der Waals surface area contributed by atoms with Gasteiger partial charge >= 0.3 is 0 Å². The quantitative estimate of drug-likeness (QED) is 0.801. The molecule has 0 aromatic heterocycles. The Labute approximate surface area is 122 Å². The summed E-state index contributed by atoms with van der Waals surface area (Å²) in [7, 11) is 0. The lowest BCUT2D eigenvalue weighted by Crippen LogP contribution is -2.46. The molecular formula is C16H18N2O3. The fourth-order valence-electron chi connectivity index (χ4n) is 2.29. The van der Waals surface area contributed by atoms with Crippen molar-refractivity contribution in [3.05, 3.63) is 42.0 Å². The number of hydrogen-bond donors (Lipinski definition) is 3. The van der Waals surface area contributed by atoms with E-state index in [9.17, 15) is 14.7 Å². The second-order valence-electron chi connectivity index (χ2n) is 5.66. The van der Waals surface area contributed by atoms with E-state index in [1.807, 2.05) is 12.1 Å². The molecule has 0 heterocycles. The van der Waals surface area contributed by atoms with E-state index < -0.39 is 17.4 Å². The normalized spacial score (nSPS) is 11.3. The van der Waals surface area contributed by atoms with Gasteiger partial charge in [0.15, 0.2) is 0 Å². The molecule has 5 heteroatoms. The van der Waals surface area contributed by atoms with Crippen molar-refractivity contribution in [2.24, 2.45) is 5.73 Å². The summed E-state index contributed by atoms with van der Waals surface area (Å²) >= 11 is 0. The number of phenols is 1. The number of aromatic hydroxyl groups is 1. The molecule has 0 aliphatic heterocycles. The third-order valence-electron chi connectivity index (χ3n) is 3.21. The Kier molecular flexibility index (Phi) is 3.84. The van der Waals surface area contributed by atoms with Crippen molar-refractivity contribution >= 4 is 22.6 Å². The lowest BCUT2D eigenvalue weighted by molar-refractivity contribution is -0.119. The number of phenolic OH excluding ortho intramolecular Hbond substituents is 1. The highest BCUT2D eigenvalue weighted by Gasteiger charge is 2.25. The first kappa shape index (κ1) is 14.8. The summed E-state index contributed by atoms with van der Waals surface area (Å²) < 4.78 is 0. The van der Waals surface area contributed by atoms with Crippen molar-refractivity contribution in [3.63, 3.8) is 0 Å². The second kappa shape index (κ2) is 5.44. The van der Waals surface area contributed by atoms with Crippen molar-refractivity contribution in [1.82, 2.24) is 5.32 Å². The minimum Gasteiger partial charge on any atom is -0.506 e. The molecule has 2 amide bonds. The van der Waals surface area contributed by atoms with Crippen molar-refractivity contribution < 1.29 is 14.7 Å². The van der Waals surface area contributed by atoms with Crippen LogP contribution in [0.5, 0.6) is 5.75 Å². The third-order valence-corrected chi connectivity index (χ3v) is 3.21. The molecule has 0 aliphatic carbocycles. The zero-order valence-corrected chi connectivity index (χ0v) is 12.0. The number of amides is 2. The van der Waals surface area contributed by atoms with E-state index in [1.165, 1.54) is 0 Å². The molecule has 110 valence electrons. The second-order valence-corrected chi connectivity index (χ2v) is 5.66. The van der Waals surface area contributed by atoms with E-state index >= 15 is 0 Å². The lowest BCUT2D eigenvalue weighted by atomic mass is 9.98. The first-order valence-electron chi connectivity index (χ1n) is 6.62. The number of primary amides is 1. The van der Waals surface area contributed by atoms with Crippen LogP contribution in [0, 0.1) is 0 Å². The Morgan fingerprint density at radius 2 is 1.86 bits per heavy atom. The third kappa shape index (κ3) is 3.31. The summed E-state index contributed by atoms with van der Waals surface area (Å²) in [5, 5.41) is 14.4. The fraction of sp³-hybridized carbons (Fsp3) is 0.250. The van der Waals surface area contributed by atoms with Crippen LogP contribution in [0.1, 0.15) is 30.6 Å². The lowest BCUT2D eigenvalue weighted by Gasteiger charge is -2.25. The standard InChI is InChI=1S/C16H18N2O3/c1-16(2,9-13(17)19)18-15(21)12-8-7-10-5-3-4-6-11(10)14(12)20/h3-8,20H,9H2,1-2H3,(H2,17,19)(H,18,21). The highest BCUT2D eigenvalue weighted by atomic mass is 16.3. The van der Waals surface area contributed by atoms with Crippen LogP contribution >= 0.6 is 0 Å². The predicted molar refractivity (Wildman–Crippen MR) is 81.0 cm³/mol. The molecule has 2 aromatic carbocycles. The van der Waals surface area contributed by atoms with E-state index in [-0.39, 0.29) is 17.7 Å². The molecule has 21 heavy (non-hydrogen) atoms. The molecule has 5 nitrogen and oxygen atoms in total. The number of nitrogens with one attached hydrogen (secondary N) is 1. The minimum atomic E-state index is -0.777. The molecule has 0 atom stereocenters. The molecule has 0 radical (unpaired) electrons. The van der Waals surface area contributed by atoms with Crippen LogP contribution in [-0.2, 0) is 4.79 Å². The smallest absolute Gasteiger partial charge is 0.255 e. The molecule has 0 bridgehead atoms. The molecule has 0 spiro atoms. The number of nitrogens with two attached hydrogens (primary N) is 1. The highest BCUT2D eigenvalue weighted by Crippen LogP contribution is 2.28. The number of carbonyl (C=O) groups is 2. The molecule has 0 saturated heterocycles. The Bertz CT molecular complexity index is 708. The first-order valence-corrected chi connectivity index (χ1v) is 6.62. The van der Waals surface area contributed by atoms with Crippen molar-refractivity contribution in [2.45, 2.75) is 25.8 Å². The predicted octanol–water partition coefficient (Wildman–Crippen LogP) is 1.93. The van der Waals surface area contributed by atoms with Crippen molar-refractivity contribution in [3.8, 4) is 5.75 Å². The van der Waals surface area contributed by atoms with Crippen LogP contribution in [0.15, 0.2) is 36.4 Å². The van der Waals surface area contributed by atoms with Crippen LogP contribution < -0.4 is 11.1 Å². The van der Waals surface area contributed by atoms with E-state index in [4.69, 9.17) is 5.73 Å². The van der Waals surface area contributed by atoms with E-state index in [2.05, 4.69) is 5.32 Å². The summed E-state index contributed by atoms with van der Waals surface area (Å²) in [6.45, 7) is 3.40. The Hall–Kier alpha value is -2.56. The Balaban J connectivity index is 2.32. The molecule has 0 unspecified atom stereocenters. The van der Waals surface area contributed by atoms with Crippen LogP contribution in [0.2, 0.25) is 0 Å². The molecule has 0 saturated carbocycles. The maximum absolute atomic E-state index is 12.3. The van der Waals surface area contributed by atoms with Gasteiger partial charge in [0.25, 0.3) is 5.91 Å². The van der Waals surface area contributed by atoms with Gasteiger partial charge in [-0.3, -0.25) is 9.59 Å². The average Bonchev–Trinajstić information content (AvgIpc) is 2.37. The van der Waals surface area contributed by atoms with Crippen molar-refractivity contribution in [1.29, 1.82) is 0 Å². The fourth-order valence-corrected chi connectivity index (χ4v) is 2.29. The maximum atomic E-state index is 12.3. The molecule has 0 fully saturated rings. The molecule has 0 aliphatic rings. The topological polar surface area (TPSA) is 92.4 Å². The molecular weight excluding hydrogens is 268 g/mol. The van der Waals surface area contributed by atoms with Crippen LogP contribution in [0.4, 0.5) is 0 Å².